The van der Waals surface area contributed by atoms with Crippen molar-refractivity contribution < 1.29 is 22.7 Å². The number of carbonyl (C=O) groups excluding carboxylic acids is 1. The third-order valence-electron chi connectivity index (χ3n) is 3.54. The Morgan fingerprint density at radius 1 is 1.52 bits per heavy atom. The van der Waals surface area contributed by atoms with E-state index in [1.807, 2.05) is 0 Å². The third-order valence-corrected chi connectivity index (χ3v) is 4.42. The molecule has 0 amide bonds. The second-order valence-corrected chi connectivity index (χ2v) is 6.83. The number of aromatic nitrogens is 1. The fraction of sp³-hybridized carbons (Fsp3) is 0.615. The van der Waals surface area contributed by atoms with Gasteiger partial charge >= 0.3 is 5.97 Å². The number of sulfonamides is 1. The number of ether oxygens (including phenoxy) is 2. The van der Waals surface area contributed by atoms with E-state index < -0.39 is 22.1 Å². The summed E-state index contributed by atoms with van der Waals surface area (Å²) in [6, 6.07) is 1.40. The molecule has 0 aromatic carbocycles. The molecule has 1 heterocycles. The van der Waals surface area contributed by atoms with E-state index in [2.05, 4.69) is 0 Å². The lowest BCUT2D eigenvalue weighted by Crippen LogP contribution is -2.24. The first-order chi connectivity index (χ1) is 9.82. The molecule has 7 nitrogen and oxygen atoms in total. The number of nitrogens with two attached hydrogens (primary N) is 1. The van der Waals surface area contributed by atoms with Crippen molar-refractivity contribution in [2.24, 2.45) is 5.14 Å². The van der Waals surface area contributed by atoms with Gasteiger partial charge in [0.05, 0.1) is 6.61 Å². The minimum Gasteiger partial charge on any atom is -0.456 e. The molecule has 0 radical (unpaired) electrons. The highest BCUT2D eigenvalue weighted by atomic mass is 32.2. The van der Waals surface area contributed by atoms with E-state index in [0.717, 1.165) is 19.3 Å². The van der Waals surface area contributed by atoms with Gasteiger partial charge in [0.25, 0.3) is 0 Å². The summed E-state index contributed by atoms with van der Waals surface area (Å²) in [4.78, 5) is 12.1. The molecule has 2 N–H and O–H groups in total. The molecular formula is C13H20N2O5S. The summed E-state index contributed by atoms with van der Waals surface area (Å²) in [5, 5.41) is 5.13. The van der Waals surface area contributed by atoms with Gasteiger partial charge in [-0.1, -0.05) is 0 Å². The second-order valence-electron chi connectivity index (χ2n) is 5.27. The topological polar surface area (TPSA) is 101 Å². The minimum absolute atomic E-state index is 0.0688. The zero-order valence-corrected chi connectivity index (χ0v) is 12.9. The van der Waals surface area contributed by atoms with E-state index in [-0.39, 0.29) is 23.2 Å². The molecule has 1 aromatic heterocycles. The molecule has 1 unspecified atom stereocenters. The molecule has 0 bridgehead atoms. The summed E-state index contributed by atoms with van der Waals surface area (Å²) < 4.78 is 34.7. The van der Waals surface area contributed by atoms with Crippen LogP contribution in [0.15, 0.2) is 17.2 Å². The van der Waals surface area contributed by atoms with Crippen molar-refractivity contribution in [2.45, 2.75) is 43.2 Å². The number of hydrogen-bond acceptors (Lipinski definition) is 5. The summed E-state index contributed by atoms with van der Waals surface area (Å²) in [6.45, 7) is 1.98. The number of esters is 1. The maximum Gasteiger partial charge on any atom is 0.355 e. The molecular weight excluding hydrogens is 296 g/mol. The fourth-order valence-electron chi connectivity index (χ4n) is 2.25. The van der Waals surface area contributed by atoms with Gasteiger partial charge in [-0.3, -0.25) is 0 Å². The van der Waals surface area contributed by atoms with Crippen molar-refractivity contribution in [2.75, 3.05) is 13.7 Å². The van der Waals surface area contributed by atoms with Crippen molar-refractivity contribution in [3.05, 3.63) is 18.0 Å². The van der Waals surface area contributed by atoms with Crippen molar-refractivity contribution >= 4 is 16.0 Å². The van der Waals surface area contributed by atoms with Crippen LogP contribution in [-0.2, 0) is 19.5 Å². The van der Waals surface area contributed by atoms with Crippen molar-refractivity contribution in [1.82, 2.24) is 4.57 Å². The quantitative estimate of drug-likeness (QED) is 0.791. The molecule has 8 heteroatoms. The number of rotatable bonds is 6. The van der Waals surface area contributed by atoms with Crippen LogP contribution in [0.25, 0.3) is 0 Å². The van der Waals surface area contributed by atoms with E-state index in [1.165, 1.54) is 19.4 Å². The van der Waals surface area contributed by atoms with Crippen LogP contribution in [0.1, 0.15) is 42.7 Å². The first kappa shape index (κ1) is 16.0. The molecule has 1 aliphatic rings. The highest BCUT2D eigenvalue weighted by Gasteiger charge is 2.28. The van der Waals surface area contributed by atoms with Crippen molar-refractivity contribution in [3.63, 3.8) is 0 Å². The van der Waals surface area contributed by atoms with E-state index >= 15 is 0 Å². The van der Waals surface area contributed by atoms with Gasteiger partial charge in [-0.05, 0) is 32.3 Å². The Kier molecular flexibility index (Phi) is 4.70. The highest BCUT2D eigenvalue weighted by Crippen LogP contribution is 2.34. The van der Waals surface area contributed by atoms with Gasteiger partial charge in [-0.15, -0.1) is 0 Å². The molecule has 0 aliphatic heterocycles. The molecule has 118 valence electrons. The monoisotopic (exact) mass is 316 g/mol. The molecule has 0 saturated heterocycles. The lowest BCUT2D eigenvalue weighted by atomic mass is 9.93. The largest absolute Gasteiger partial charge is 0.456 e. The standard InChI is InChI=1S/C13H20N2O5S/c1-9(8-19-2)20-13(16)12-6-11(21(14,17)18)7-15(12)10-4-3-5-10/h6-7,9-10H,3-5,8H2,1-2H3,(H2,14,17,18). The lowest BCUT2D eigenvalue weighted by molar-refractivity contribution is 0.0105. The van der Waals surface area contributed by atoms with Gasteiger partial charge in [0.15, 0.2) is 0 Å². The van der Waals surface area contributed by atoms with Crippen LogP contribution in [0.3, 0.4) is 0 Å². The Labute approximate surface area is 124 Å². The summed E-state index contributed by atoms with van der Waals surface area (Å²) in [6.07, 6.45) is 3.88. The van der Waals surface area contributed by atoms with Gasteiger partial charge in [0.1, 0.15) is 16.7 Å². The average molecular weight is 316 g/mol. The van der Waals surface area contributed by atoms with Crippen LogP contribution in [0.4, 0.5) is 0 Å². The zero-order chi connectivity index (χ0) is 15.6. The van der Waals surface area contributed by atoms with Crippen LogP contribution in [0, 0.1) is 0 Å². The normalized spacial score (nSPS) is 17.3. The predicted octanol–water partition coefficient (Wildman–Crippen LogP) is 1.05. The second kappa shape index (κ2) is 6.17. The Morgan fingerprint density at radius 3 is 2.67 bits per heavy atom. The number of primary sulfonamides is 1. The highest BCUT2D eigenvalue weighted by molar-refractivity contribution is 7.89. The van der Waals surface area contributed by atoms with Gasteiger partial charge in [0, 0.05) is 19.3 Å². The smallest absolute Gasteiger partial charge is 0.355 e. The molecule has 1 aromatic rings. The average Bonchev–Trinajstić information content (AvgIpc) is 2.71. The first-order valence-electron chi connectivity index (χ1n) is 6.77. The molecule has 2 rings (SSSR count). The van der Waals surface area contributed by atoms with Gasteiger partial charge < -0.3 is 14.0 Å². The predicted molar refractivity (Wildman–Crippen MR) is 75.4 cm³/mol. The van der Waals surface area contributed by atoms with Gasteiger partial charge in [-0.25, -0.2) is 18.4 Å². The maximum atomic E-state index is 12.2. The molecule has 0 spiro atoms. The van der Waals surface area contributed by atoms with Gasteiger partial charge in [0.2, 0.25) is 10.0 Å². The Bertz CT molecular complexity index is 619. The maximum absolute atomic E-state index is 12.2. The van der Waals surface area contributed by atoms with Crippen molar-refractivity contribution in [3.8, 4) is 0 Å². The SMILES string of the molecule is COCC(C)OC(=O)c1cc(S(N)(=O)=O)cn1C1CCC1. The summed E-state index contributed by atoms with van der Waals surface area (Å²) >= 11 is 0. The summed E-state index contributed by atoms with van der Waals surface area (Å²) in [7, 11) is -2.33. The van der Waals surface area contributed by atoms with Crippen LogP contribution >= 0.6 is 0 Å². The lowest BCUT2D eigenvalue weighted by Gasteiger charge is -2.28. The fourth-order valence-corrected chi connectivity index (χ4v) is 2.79. The summed E-state index contributed by atoms with van der Waals surface area (Å²) in [5.41, 5.74) is 0.215. The van der Waals surface area contributed by atoms with E-state index in [4.69, 9.17) is 14.6 Å². The van der Waals surface area contributed by atoms with Gasteiger partial charge in [-0.2, -0.15) is 0 Å². The third kappa shape index (κ3) is 3.63. The Hall–Kier alpha value is -1.38. The van der Waals surface area contributed by atoms with Crippen LogP contribution < -0.4 is 5.14 Å². The Morgan fingerprint density at radius 2 is 2.19 bits per heavy atom. The first-order valence-corrected chi connectivity index (χ1v) is 8.32. The zero-order valence-electron chi connectivity index (χ0n) is 12.1. The molecule has 21 heavy (non-hydrogen) atoms. The van der Waals surface area contributed by atoms with E-state index in [9.17, 15) is 13.2 Å². The van der Waals surface area contributed by atoms with Crippen LogP contribution in [0.5, 0.6) is 0 Å². The molecule has 1 aliphatic carbocycles. The van der Waals surface area contributed by atoms with Crippen LogP contribution in [-0.4, -0.2) is 38.8 Å². The van der Waals surface area contributed by atoms with E-state index in [0.29, 0.717) is 0 Å². The van der Waals surface area contributed by atoms with E-state index in [1.54, 1.807) is 11.5 Å². The number of methoxy groups -OCH3 is 1. The van der Waals surface area contributed by atoms with Crippen LogP contribution in [0.2, 0.25) is 0 Å². The minimum atomic E-state index is -3.85. The molecule has 1 saturated carbocycles. The number of nitrogens with zero attached hydrogens (tertiary/aromatic N) is 1. The summed E-state index contributed by atoms with van der Waals surface area (Å²) in [5.74, 6) is -0.568. The molecule has 1 fully saturated rings. The number of hydrogen-bond donors (Lipinski definition) is 1. The molecule has 1 atom stereocenters. The Balaban J connectivity index is 2.28. The van der Waals surface area contributed by atoms with Crippen molar-refractivity contribution in [1.29, 1.82) is 0 Å². The number of carbonyl (C=O) groups is 1.